The lowest BCUT2D eigenvalue weighted by Crippen LogP contribution is -2.13. The van der Waals surface area contributed by atoms with Crippen molar-refractivity contribution < 1.29 is 4.52 Å². The van der Waals surface area contributed by atoms with E-state index in [1.807, 2.05) is 0 Å². The van der Waals surface area contributed by atoms with Crippen LogP contribution in [0.3, 0.4) is 0 Å². The van der Waals surface area contributed by atoms with Crippen LogP contribution in [0.1, 0.15) is 51.4 Å². The summed E-state index contributed by atoms with van der Waals surface area (Å²) in [6.07, 6.45) is 2.77. The largest absolute Gasteiger partial charge is 0.338 e. The lowest BCUT2D eigenvalue weighted by molar-refractivity contribution is 0.332. The summed E-state index contributed by atoms with van der Waals surface area (Å²) in [5.41, 5.74) is 5.91. The zero-order chi connectivity index (χ0) is 10.6. The summed E-state index contributed by atoms with van der Waals surface area (Å²) in [5, 5.41) is 3.87. The first-order valence-corrected chi connectivity index (χ1v) is 5.21. The molecule has 4 nitrogen and oxygen atoms in total. The van der Waals surface area contributed by atoms with Gasteiger partial charge in [-0.15, -0.1) is 0 Å². The van der Waals surface area contributed by atoms with E-state index in [-0.39, 0.29) is 6.04 Å². The van der Waals surface area contributed by atoms with Crippen LogP contribution in [0, 0.1) is 5.92 Å². The molecular formula is C10H19N3O. The maximum atomic E-state index is 5.91. The quantitative estimate of drug-likeness (QED) is 0.784. The molecule has 0 saturated carbocycles. The van der Waals surface area contributed by atoms with Crippen LogP contribution in [0.4, 0.5) is 0 Å². The molecule has 0 radical (unpaired) electrons. The number of rotatable bonds is 5. The van der Waals surface area contributed by atoms with Gasteiger partial charge in [0.2, 0.25) is 5.89 Å². The van der Waals surface area contributed by atoms with Crippen molar-refractivity contribution in [2.75, 3.05) is 0 Å². The molecule has 0 amide bonds. The summed E-state index contributed by atoms with van der Waals surface area (Å²) in [7, 11) is 0. The van der Waals surface area contributed by atoms with E-state index in [4.69, 9.17) is 10.3 Å². The molecule has 1 rings (SSSR count). The number of hydrogen-bond acceptors (Lipinski definition) is 4. The third kappa shape index (κ3) is 3.10. The van der Waals surface area contributed by atoms with Crippen LogP contribution in [0.2, 0.25) is 0 Å². The second-order valence-corrected chi connectivity index (χ2v) is 4.03. The molecule has 0 bridgehead atoms. The highest BCUT2D eigenvalue weighted by atomic mass is 16.5. The van der Waals surface area contributed by atoms with Crippen LogP contribution in [0.5, 0.6) is 0 Å². The molecule has 0 aliphatic rings. The van der Waals surface area contributed by atoms with E-state index in [2.05, 4.69) is 30.9 Å². The van der Waals surface area contributed by atoms with Gasteiger partial charge in [0.1, 0.15) is 0 Å². The lowest BCUT2D eigenvalue weighted by atomic mass is 10.0. The van der Waals surface area contributed by atoms with E-state index in [0.29, 0.717) is 11.8 Å². The third-order valence-electron chi connectivity index (χ3n) is 2.00. The van der Waals surface area contributed by atoms with Crippen molar-refractivity contribution in [1.29, 1.82) is 0 Å². The maximum Gasteiger partial charge on any atom is 0.243 e. The Kier molecular flexibility index (Phi) is 4.07. The molecule has 4 heteroatoms. The Morgan fingerprint density at radius 2 is 2.14 bits per heavy atom. The number of nitrogens with two attached hydrogens (primary N) is 1. The zero-order valence-electron chi connectivity index (χ0n) is 9.16. The predicted octanol–water partition coefficient (Wildman–Crippen LogP) is 2.07. The van der Waals surface area contributed by atoms with Crippen LogP contribution >= 0.6 is 0 Å². The van der Waals surface area contributed by atoms with E-state index >= 15 is 0 Å². The number of hydrogen-bond donors (Lipinski definition) is 1. The van der Waals surface area contributed by atoms with Crippen LogP contribution in [0.15, 0.2) is 4.52 Å². The Labute approximate surface area is 84.9 Å². The van der Waals surface area contributed by atoms with Crippen molar-refractivity contribution in [3.63, 3.8) is 0 Å². The number of nitrogens with zero attached hydrogens (tertiary/aromatic N) is 2. The fourth-order valence-corrected chi connectivity index (χ4v) is 1.35. The summed E-state index contributed by atoms with van der Waals surface area (Å²) in [6, 6.07) is -0.117. The predicted molar refractivity (Wildman–Crippen MR) is 54.7 cm³/mol. The highest BCUT2D eigenvalue weighted by molar-refractivity contribution is 4.91. The van der Waals surface area contributed by atoms with Gasteiger partial charge in [0.15, 0.2) is 5.82 Å². The van der Waals surface area contributed by atoms with Gasteiger partial charge in [-0.05, 0) is 18.8 Å². The van der Waals surface area contributed by atoms with Crippen LogP contribution in [-0.2, 0) is 6.42 Å². The molecule has 14 heavy (non-hydrogen) atoms. The first kappa shape index (κ1) is 11.2. The minimum atomic E-state index is -0.117. The van der Waals surface area contributed by atoms with Gasteiger partial charge in [0.05, 0.1) is 6.04 Å². The smallest absolute Gasteiger partial charge is 0.243 e. The Morgan fingerprint density at radius 1 is 1.43 bits per heavy atom. The minimum absolute atomic E-state index is 0.117. The average Bonchev–Trinajstić information content (AvgIpc) is 2.52. The first-order valence-electron chi connectivity index (χ1n) is 5.21. The van der Waals surface area contributed by atoms with Gasteiger partial charge < -0.3 is 10.3 Å². The van der Waals surface area contributed by atoms with Gasteiger partial charge in [-0.1, -0.05) is 25.9 Å². The molecule has 1 heterocycles. The normalized spacial score (nSPS) is 13.5. The fourth-order valence-electron chi connectivity index (χ4n) is 1.35. The van der Waals surface area contributed by atoms with Crippen molar-refractivity contribution in [2.45, 2.75) is 46.1 Å². The molecule has 0 aliphatic heterocycles. The molecule has 80 valence electrons. The fraction of sp³-hybridized carbons (Fsp3) is 0.800. The topological polar surface area (TPSA) is 64.9 Å². The molecule has 1 aromatic rings. The highest BCUT2D eigenvalue weighted by Gasteiger charge is 2.15. The van der Waals surface area contributed by atoms with Crippen molar-refractivity contribution in [1.82, 2.24) is 10.1 Å². The van der Waals surface area contributed by atoms with Crippen LogP contribution < -0.4 is 5.73 Å². The van der Waals surface area contributed by atoms with E-state index in [9.17, 15) is 0 Å². The van der Waals surface area contributed by atoms with Gasteiger partial charge in [-0.25, -0.2) is 0 Å². The van der Waals surface area contributed by atoms with E-state index < -0.39 is 0 Å². The molecule has 0 unspecified atom stereocenters. The Morgan fingerprint density at radius 3 is 2.71 bits per heavy atom. The minimum Gasteiger partial charge on any atom is -0.338 e. The Bertz CT molecular complexity index is 270. The third-order valence-corrected chi connectivity index (χ3v) is 2.00. The van der Waals surface area contributed by atoms with Gasteiger partial charge in [-0.3, -0.25) is 0 Å². The van der Waals surface area contributed by atoms with Crippen molar-refractivity contribution >= 4 is 0 Å². The first-order chi connectivity index (χ1) is 6.63. The molecule has 1 aromatic heterocycles. The second-order valence-electron chi connectivity index (χ2n) is 4.03. The van der Waals surface area contributed by atoms with Gasteiger partial charge in [0, 0.05) is 6.42 Å². The van der Waals surface area contributed by atoms with Gasteiger partial charge in [0.25, 0.3) is 0 Å². The van der Waals surface area contributed by atoms with Gasteiger partial charge >= 0.3 is 0 Å². The molecule has 0 fully saturated rings. The lowest BCUT2D eigenvalue weighted by Gasteiger charge is -2.08. The second kappa shape index (κ2) is 5.10. The van der Waals surface area contributed by atoms with Crippen molar-refractivity contribution in [3.8, 4) is 0 Å². The number of aromatic nitrogens is 2. The molecular weight excluding hydrogens is 178 g/mol. The molecule has 1 atom stereocenters. The van der Waals surface area contributed by atoms with Crippen LogP contribution in [0.25, 0.3) is 0 Å². The van der Waals surface area contributed by atoms with E-state index in [1.165, 1.54) is 0 Å². The summed E-state index contributed by atoms with van der Waals surface area (Å²) in [4.78, 5) is 4.25. The van der Waals surface area contributed by atoms with Crippen molar-refractivity contribution in [3.05, 3.63) is 11.7 Å². The Balaban J connectivity index is 2.57. The summed E-state index contributed by atoms with van der Waals surface area (Å²) in [5.74, 6) is 1.88. The standard InChI is InChI=1S/C10H19N3O/c1-4-5-9-12-10(14-13-9)8(11)6-7(2)3/h7-8H,4-6,11H2,1-3H3/t8-/m0/s1. The van der Waals surface area contributed by atoms with Crippen LogP contribution in [-0.4, -0.2) is 10.1 Å². The molecule has 2 N–H and O–H groups in total. The average molecular weight is 197 g/mol. The Hall–Kier alpha value is -0.900. The zero-order valence-corrected chi connectivity index (χ0v) is 9.16. The molecule has 0 aliphatic carbocycles. The number of aryl methyl sites for hydroxylation is 1. The molecule has 0 aromatic carbocycles. The monoisotopic (exact) mass is 197 g/mol. The van der Waals surface area contributed by atoms with E-state index in [0.717, 1.165) is 25.1 Å². The molecule has 0 saturated heterocycles. The summed E-state index contributed by atoms with van der Waals surface area (Å²) in [6.45, 7) is 6.34. The summed E-state index contributed by atoms with van der Waals surface area (Å²) >= 11 is 0. The SMILES string of the molecule is CCCc1noc([C@@H](N)CC(C)C)n1. The summed E-state index contributed by atoms with van der Waals surface area (Å²) < 4.78 is 5.09. The van der Waals surface area contributed by atoms with Crippen molar-refractivity contribution in [2.24, 2.45) is 11.7 Å². The highest BCUT2D eigenvalue weighted by Crippen LogP contribution is 2.16. The molecule has 0 spiro atoms. The maximum absolute atomic E-state index is 5.91. The van der Waals surface area contributed by atoms with Gasteiger partial charge in [-0.2, -0.15) is 4.98 Å². The van der Waals surface area contributed by atoms with E-state index in [1.54, 1.807) is 0 Å².